The summed E-state index contributed by atoms with van der Waals surface area (Å²) >= 11 is 1.30. The lowest BCUT2D eigenvalue weighted by atomic mass is 10.2. The Morgan fingerprint density at radius 1 is 1.03 bits per heavy atom. The summed E-state index contributed by atoms with van der Waals surface area (Å²) in [5, 5.41) is 12.0. The summed E-state index contributed by atoms with van der Waals surface area (Å²) in [5.74, 6) is 1.09. The normalized spacial score (nSPS) is 11.4. The van der Waals surface area contributed by atoms with Gasteiger partial charge in [0.2, 0.25) is 11.7 Å². The first-order chi connectivity index (χ1) is 15.2. The van der Waals surface area contributed by atoms with Gasteiger partial charge in [-0.2, -0.15) is 0 Å². The van der Waals surface area contributed by atoms with Crippen molar-refractivity contribution in [3.8, 4) is 0 Å². The van der Waals surface area contributed by atoms with Gasteiger partial charge in [0.05, 0.1) is 36.1 Å². The number of rotatable bonds is 7. The molecule has 9 heteroatoms. The molecule has 0 spiro atoms. The second-order valence-corrected chi connectivity index (χ2v) is 7.87. The predicted molar refractivity (Wildman–Crippen MR) is 115 cm³/mol. The first-order valence-electron chi connectivity index (χ1n) is 9.68. The van der Waals surface area contributed by atoms with Crippen LogP contribution in [0, 0.1) is 5.82 Å². The Balaban J connectivity index is 1.41. The average molecular weight is 435 g/mol. The van der Waals surface area contributed by atoms with Gasteiger partial charge < -0.3 is 14.3 Å². The van der Waals surface area contributed by atoms with Gasteiger partial charge in [-0.25, -0.2) is 4.39 Å². The lowest BCUT2D eigenvalue weighted by Crippen LogP contribution is -2.24. The lowest BCUT2D eigenvalue weighted by molar-refractivity contribution is -0.118. The Bertz CT molecular complexity index is 1360. The molecular weight excluding hydrogens is 417 g/mol. The maximum Gasteiger partial charge on any atom is 0.237 e. The molecule has 0 fully saturated rings. The zero-order chi connectivity index (χ0) is 21.2. The lowest BCUT2D eigenvalue weighted by Gasteiger charge is -2.06. The fraction of sp³-hybridized carbons (Fsp3) is 0.136. The quantitative estimate of drug-likeness (QED) is 0.393. The molecule has 156 valence electrons. The number of halogens is 1. The topological polar surface area (TPSA) is 77.4 Å². The van der Waals surface area contributed by atoms with Gasteiger partial charge in [-0.05, 0) is 30.3 Å². The number of carbonyl (C=O) groups excluding carboxylic acids is 1. The molecule has 0 unspecified atom stereocenters. The highest BCUT2D eigenvalue weighted by Crippen LogP contribution is 2.27. The molecule has 1 N–H and O–H groups in total. The maximum atomic E-state index is 14.3. The van der Waals surface area contributed by atoms with Crippen molar-refractivity contribution >= 4 is 34.5 Å². The summed E-state index contributed by atoms with van der Waals surface area (Å²) in [6.45, 7) is 0.666. The van der Waals surface area contributed by atoms with Crippen LogP contribution >= 0.6 is 11.8 Å². The van der Waals surface area contributed by atoms with E-state index in [1.54, 1.807) is 30.5 Å². The molecule has 0 atom stereocenters. The van der Waals surface area contributed by atoms with Gasteiger partial charge in [0.25, 0.3) is 0 Å². The van der Waals surface area contributed by atoms with E-state index in [4.69, 9.17) is 4.42 Å². The van der Waals surface area contributed by atoms with Crippen LogP contribution in [0.1, 0.15) is 11.3 Å². The number of fused-ring (bicyclic) bond motifs is 3. The number of imidazole rings is 1. The van der Waals surface area contributed by atoms with Gasteiger partial charge in [0, 0.05) is 5.56 Å². The Hall–Kier alpha value is -3.59. The number of carbonyl (C=O) groups is 1. The molecule has 0 saturated carbocycles. The molecule has 0 radical (unpaired) electrons. The minimum Gasteiger partial charge on any atom is -0.467 e. The molecule has 0 saturated heterocycles. The second-order valence-electron chi connectivity index (χ2n) is 6.93. The van der Waals surface area contributed by atoms with Crippen molar-refractivity contribution in [1.82, 2.24) is 24.5 Å². The molecule has 0 aliphatic carbocycles. The summed E-state index contributed by atoms with van der Waals surface area (Å²) in [6.07, 6.45) is 1.57. The Morgan fingerprint density at radius 2 is 1.84 bits per heavy atom. The van der Waals surface area contributed by atoms with Crippen molar-refractivity contribution in [3.63, 3.8) is 0 Å². The van der Waals surface area contributed by atoms with Gasteiger partial charge in [-0.1, -0.05) is 42.1 Å². The molecule has 3 heterocycles. The van der Waals surface area contributed by atoms with Crippen LogP contribution < -0.4 is 5.32 Å². The van der Waals surface area contributed by atoms with Gasteiger partial charge in [-0.3, -0.25) is 9.20 Å². The monoisotopic (exact) mass is 435 g/mol. The largest absolute Gasteiger partial charge is 0.467 e. The Morgan fingerprint density at radius 3 is 2.65 bits per heavy atom. The highest BCUT2D eigenvalue weighted by Gasteiger charge is 2.18. The standard InChI is InChI=1S/C22H18FN5O2S/c23-17-8-2-1-6-15(17)13-27-18-9-3-4-10-19(18)28-21(27)25-26-22(28)31-14-20(29)24-12-16-7-5-11-30-16/h1-11H,12-14H2,(H,24,29). The number of hydrogen-bond donors (Lipinski definition) is 1. The van der Waals surface area contributed by atoms with E-state index in [2.05, 4.69) is 15.5 Å². The number of thioether (sulfide) groups is 1. The molecule has 0 aliphatic rings. The summed E-state index contributed by atoms with van der Waals surface area (Å²) in [6, 6.07) is 18.1. The maximum absolute atomic E-state index is 14.3. The predicted octanol–water partition coefficient (Wildman–Crippen LogP) is 3.87. The molecule has 5 rings (SSSR count). The van der Waals surface area contributed by atoms with Crippen LogP contribution in [0.5, 0.6) is 0 Å². The number of furan rings is 1. The number of para-hydroxylation sites is 2. The molecule has 0 bridgehead atoms. The summed E-state index contributed by atoms with van der Waals surface area (Å²) < 4.78 is 23.3. The molecule has 2 aromatic carbocycles. The highest BCUT2D eigenvalue weighted by atomic mass is 32.2. The van der Waals surface area contributed by atoms with Crippen molar-refractivity contribution in [2.75, 3.05) is 5.75 Å². The fourth-order valence-electron chi connectivity index (χ4n) is 3.46. The molecule has 5 aromatic rings. The van der Waals surface area contributed by atoms with Crippen molar-refractivity contribution in [1.29, 1.82) is 0 Å². The van der Waals surface area contributed by atoms with Crippen LogP contribution in [0.4, 0.5) is 4.39 Å². The van der Waals surface area contributed by atoms with Crippen LogP contribution in [0.2, 0.25) is 0 Å². The van der Waals surface area contributed by atoms with E-state index in [0.29, 0.717) is 35.3 Å². The number of hydrogen-bond acceptors (Lipinski definition) is 5. The summed E-state index contributed by atoms with van der Waals surface area (Å²) in [4.78, 5) is 12.2. The second kappa shape index (κ2) is 8.27. The molecular formula is C22H18FN5O2S. The van der Waals surface area contributed by atoms with Gasteiger partial charge in [0.1, 0.15) is 11.6 Å². The van der Waals surface area contributed by atoms with E-state index in [-0.39, 0.29) is 17.5 Å². The highest BCUT2D eigenvalue weighted by molar-refractivity contribution is 7.99. The number of amides is 1. The third-order valence-corrected chi connectivity index (χ3v) is 5.86. The smallest absolute Gasteiger partial charge is 0.237 e. The van der Waals surface area contributed by atoms with Crippen molar-refractivity contribution in [2.24, 2.45) is 0 Å². The van der Waals surface area contributed by atoms with Crippen LogP contribution in [0.25, 0.3) is 16.8 Å². The van der Waals surface area contributed by atoms with Crippen molar-refractivity contribution in [2.45, 2.75) is 18.2 Å². The zero-order valence-electron chi connectivity index (χ0n) is 16.4. The molecule has 0 aliphatic heterocycles. The van der Waals surface area contributed by atoms with E-state index in [1.807, 2.05) is 39.3 Å². The van der Waals surface area contributed by atoms with E-state index in [9.17, 15) is 9.18 Å². The number of benzene rings is 2. The SMILES string of the molecule is O=C(CSc1nnc2n(Cc3ccccc3F)c3ccccc3n12)NCc1ccco1. The van der Waals surface area contributed by atoms with Gasteiger partial charge >= 0.3 is 0 Å². The number of nitrogens with zero attached hydrogens (tertiary/aromatic N) is 4. The first-order valence-corrected chi connectivity index (χ1v) is 10.7. The Labute approximate surface area is 180 Å². The average Bonchev–Trinajstić information content (AvgIpc) is 3.51. The van der Waals surface area contributed by atoms with E-state index in [0.717, 1.165) is 11.0 Å². The first kappa shape index (κ1) is 19.4. The van der Waals surface area contributed by atoms with Gasteiger partial charge in [0.15, 0.2) is 5.16 Å². The molecule has 3 aromatic heterocycles. The van der Waals surface area contributed by atoms with Crippen molar-refractivity contribution in [3.05, 3.63) is 84.1 Å². The number of nitrogens with one attached hydrogen (secondary N) is 1. The third-order valence-electron chi connectivity index (χ3n) is 4.93. The van der Waals surface area contributed by atoms with E-state index in [1.165, 1.54) is 17.8 Å². The summed E-state index contributed by atoms with van der Waals surface area (Å²) in [5.41, 5.74) is 2.39. The molecule has 7 nitrogen and oxygen atoms in total. The van der Waals surface area contributed by atoms with E-state index >= 15 is 0 Å². The van der Waals surface area contributed by atoms with Crippen LogP contribution in [0.15, 0.2) is 76.5 Å². The zero-order valence-corrected chi connectivity index (χ0v) is 17.2. The van der Waals surface area contributed by atoms with Crippen molar-refractivity contribution < 1.29 is 13.6 Å². The Kier molecular flexibility index (Phi) is 5.17. The number of aromatic nitrogens is 4. The van der Waals surface area contributed by atoms with E-state index < -0.39 is 0 Å². The molecule has 1 amide bonds. The van der Waals surface area contributed by atoms with Gasteiger partial charge in [-0.15, -0.1) is 10.2 Å². The third kappa shape index (κ3) is 3.79. The fourth-order valence-corrected chi connectivity index (χ4v) is 4.23. The summed E-state index contributed by atoms with van der Waals surface area (Å²) in [7, 11) is 0. The minimum atomic E-state index is -0.263. The van der Waals surface area contributed by atoms with Crippen LogP contribution in [0.3, 0.4) is 0 Å². The molecule has 31 heavy (non-hydrogen) atoms. The van der Waals surface area contributed by atoms with Crippen LogP contribution in [-0.4, -0.2) is 30.8 Å². The van der Waals surface area contributed by atoms with Crippen LogP contribution in [-0.2, 0) is 17.9 Å². The minimum absolute atomic E-state index is 0.131.